The Morgan fingerprint density at radius 1 is 1.55 bits per heavy atom. The smallest absolute Gasteiger partial charge is 0.342 e. The SMILES string of the molecule is CCN(CCC(=O)OC)CCn1c([N+](=O)[O-])cnc1C. The quantitative estimate of drug-likeness (QED) is 0.401. The van der Waals surface area contributed by atoms with Crippen molar-refractivity contribution in [1.82, 2.24) is 14.5 Å². The average Bonchev–Trinajstić information content (AvgIpc) is 2.80. The van der Waals surface area contributed by atoms with Crippen molar-refractivity contribution in [3.63, 3.8) is 0 Å². The molecule has 0 aliphatic carbocycles. The highest BCUT2D eigenvalue weighted by Crippen LogP contribution is 2.13. The van der Waals surface area contributed by atoms with E-state index in [-0.39, 0.29) is 11.8 Å². The maximum Gasteiger partial charge on any atom is 0.342 e. The van der Waals surface area contributed by atoms with E-state index in [1.165, 1.54) is 13.3 Å². The summed E-state index contributed by atoms with van der Waals surface area (Å²) in [6, 6.07) is 0. The van der Waals surface area contributed by atoms with Crippen LogP contribution in [-0.2, 0) is 16.1 Å². The van der Waals surface area contributed by atoms with Crippen LogP contribution < -0.4 is 0 Å². The van der Waals surface area contributed by atoms with Gasteiger partial charge in [-0.1, -0.05) is 6.92 Å². The summed E-state index contributed by atoms with van der Waals surface area (Å²) in [4.78, 5) is 27.5. The molecule has 0 aliphatic rings. The first kappa shape index (κ1) is 16.1. The van der Waals surface area contributed by atoms with Gasteiger partial charge < -0.3 is 14.9 Å². The van der Waals surface area contributed by atoms with E-state index in [0.29, 0.717) is 31.9 Å². The first-order chi connectivity index (χ1) is 9.49. The molecule has 1 rings (SSSR count). The van der Waals surface area contributed by atoms with Crippen LogP contribution >= 0.6 is 0 Å². The van der Waals surface area contributed by atoms with Gasteiger partial charge in [-0.15, -0.1) is 0 Å². The number of hydrogen-bond acceptors (Lipinski definition) is 6. The Kier molecular flexibility index (Phi) is 6.10. The van der Waals surface area contributed by atoms with E-state index < -0.39 is 4.92 Å². The summed E-state index contributed by atoms with van der Waals surface area (Å²) in [6.45, 7) is 6.14. The zero-order chi connectivity index (χ0) is 15.1. The lowest BCUT2D eigenvalue weighted by Gasteiger charge is -2.18. The molecule has 0 aromatic carbocycles. The van der Waals surface area contributed by atoms with Gasteiger partial charge in [0.25, 0.3) is 0 Å². The molecule has 0 atom stereocenters. The largest absolute Gasteiger partial charge is 0.469 e. The summed E-state index contributed by atoms with van der Waals surface area (Å²) in [5.74, 6) is 0.348. The number of imidazole rings is 1. The van der Waals surface area contributed by atoms with Crippen molar-refractivity contribution in [2.45, 2.75) is 26.8 Å². The molecule has 0 bridgehead atoms. The van der Waals surface area contributed by atoms with E-state index in [1.54, 1.807) is 11.5 Å². The van der Waals surface area contributed by atoms with E-state index in [4.69, 9.17) is 0 Å². The third kappa shape index (κ3) is 4.30. The molecule has 0 unspecified atom stereocenters. The van der Waals surface area contributed by atoms with Crippen LogP contribution in [0.25, 0.3) is 0 Å². The maximum absolute atomic E-state index is 11.1. The van der Waals surface area contributed by atoms with Crippen molar-refractivity contribution in [3.8, 4) is 0 Å². The van der Waals surface area contributed by atoms with Gasteiger partial charge >= 0.3 is 11.8 Å². The number of nitro groups is 1. The second kappa shape index (κ2) is 7.59. The van der Waals surface area contributed by atoms with Crippen molar-refractivity contribution in [1.29, 1.82) is 0 Å². The number of carbonyl (C=O) groups is 1. The number of hydrogen-bond donors (Lipinski definition) is 0. The van der Waals surface area contributed by atoms with Gasteiger partial charge in [0.2, 0.25) is 0 Å². The first-order valence-corrected chi connectivity index (χ1v) is 6.45. The number of nitrogens with zero attached hydrogens (tertiary/aromatic N) is 4. The van der Waals surface area contributed by atoms with Crippen LogP contribution in [-0.4, -0.2) is 52.1 Å². The van der Waals surface area contributed by atoms with Crippen LogP contribution in [0.15, 0.2) is 6.20 Å². The topological polar surface area (TPSA) is 90.5 Å². The number of carbonyl (C=O) groups excluding carboxylic acids is 1. The molecular weight excluding hydrogens is 264 g/mol. The van der Waals surface area contributed by atoms with Crippen molar-refractivity contribution in [2.24, 2.45) is 0 Å². The molecule has 8 heteroatoms. The lowest BCUT2D eigenvalue weighted by Crippen LogP contribution is -2.30. The second-order valence-electron chi connectivity index (χ2n) is 4.33. The highest BCUT2D eigenvalue weighted by Gasteiger charge is 2.18. The Morgan fingerprint density at radius 2 is 2.25 bits per heavy atom. The Bertz CT molecular complexity index is 472. The molecule has 0 saturated heterocycles. The summed E-state index contributed by atoms with van der Waals surface area (Å²) >= 11 is 0. The Balaban J connectivity index is 2.58. The minimum atomic E-state index is -0.440. The molecule has 8 nitrogen and oxygen atoms in total. The van der Waals surface area contributed by atoms with Gasteiger partial charge in [0, 0.05) is 20.0 Å². The van der Waals surface area contributed by atoms with Crippen LogP contribution in [0.2, 0.25) is 0 Å². The molecule has 0 fully saturated rings. The molecule has 1 aromatic rings. The van der Waals surface area contributed by atoms with Crippen molar-refractivity contribution in [3.05, 3.63) is 22.1 Å². The van der Waals surface area contributed by atoms with E-state index in [2.05, 4.69) is 9.72 Å². The molecule has 0 saturated carbocycles. The van der Waals surface area contributed by atoms with Crippen LogP contribution in [0, 0.1) is 17.0 Å². The molecule has 0 amide bonds. The second-order valence-corrected chi connectivity index (χ2v) is 4.33. The zero-order valence-electron chi connectivity index (χ0n) is 12.0. The zero-order valence-corrected chi connectivity index (χ0v) is 12.0. The van der Waals surface area contributed by atoms with Gasteiger partial charge in [-0.3, -0.25) is 9.69 Å². The van der Waals surface area contributed by atoms with Crippen LogP contribution in [0.3, 0.4) is 0 Å². The fourth-order valence-electron chi connectivity index (χ4n) is 1.90. The summed E-state index contributed by atoms with van der Waals surface area (Å²) in [5, 5.41) is 10.9. The number of ether oxygens (including phenoxy) is 1. The molecule has 1 aromatic heterocycles. The first-order valence-electron chi connectivity index (χ1n) is 6.45. The van der Waals surface area contributed by atoms with Crippen LogP contribution in [0.5, 0.6) is 0 Å². The number of esters is 1. The summed E-state index contributed by atoms with van der Waals surface area (Å²) in [5.41, 5.74) is 0. The fraction of sp³-hybridized carbons (Fsp3) is 0.667. The lowest BCUT2D eigenvalue weighted by molar-refractivity contribution is -0.392. The summed E-state index contributed by atoms with van der Waals surface area (Å²) in [7, 11) is 1.36. The van der Waals surface area contributed by atoms with Crippen LogP contribution in [0.1, 0.15) is 19.2 Å². The number of aromatic nitrogens is 2. The molecule has 20 heavy (non-hydrogen) atoms. The highest BCUT2D eigenvalue weighted by molar-refractivity contribution is 5.69. The molecule has 0 radical (unpaired) electrons. The molecule has 1 heterocycles. The predicted molar refractivity (Wildman–Crippen MR) is 72.4 cm³/mol. The fourth-order valence-corrected chi connectivity index (χ4v) is 1.90. The number of methoxy groups -OCH3 is 1. The van der Waals surface area contributed by atoms with Gasteiger partial charge in [0.15, 0.2) is 5.82 Å². The van der Waals surface area contributed by atoms with Gasteiger partial charge in [0.05, 0.1) is 13.5 Å². The maximum atomic E-state index is 11.1. The number of likely N-dealkylation sites (N-methyl/N-ethyl adjacent to an activating group) is 1. The minimum absolute atomic E-state index is 0.00785. The molecule has 0 spiro atoms. The van der Waals surface area contributed by atoms with Crippen molar-refractivity contribution >= 4 is 11.8 Å². The summed E-state index contributed by atoms with van der Waals surface area (Å²) < 4.78 is 6.17. The molecule has 0 N–H and O–H groups in total. The predicted octanol–water partition coefficient (Wildman–Crippen LogP) is 0.985. The molecular formula is C12H20N4O4. The van der Waals surface area contributed by atoms with E-state index in [9.17, 15) is 14.9 Å². The van der Waals surface area contributed by atoms with Gasteiger partial charge in [-0.25, -0.2) is 9.55 Å². The van der Waals surface area contributed by atoms with Gasteiger partial charge in [-0.05, 0) is 11.5 Å². The third-order valence-corrected chi connectivity index (χ3v) is 3.17. The summed E-state index contributed by atoms with van der Waals surface area (Å²) in [6.07, 6.45) is 1.58. The normalized spacial score (nSPS) is 10.8. The lowest BCUT2D eigenvalue weighted by atomic mass is 10.3. The van der Waals surface area contributed by atoms with Crippen LogP contribution in [0.4, 0.5) is 5.82 Å². The monoisotopic (exact) mass is 284 g/mol. The van der Waals surface area contributed by atoms with Gasteiger partial charge in [-0.2, -0.15) is 0 Å². The van der Waals surface area contributed by atoms with E-state index in [1.807, 2.05) is 11.8 Å². The van der Waals surface area contributed by atoms with E-state index in [0.717, 1.165) is 6.54 Å². The third-order valence-electron chi connectivity index (χ3n) is 3.17. The highest BCUT2D eigenvalue weighted by atomic mass is 16.6. The van der Waals surface area contributed by atoms with E-state index >= 15 is 0 Å². The Hall–Kier alpha value is -1.96. The van der Waals surface area contributed by atoms with Crippen molar-refractivity contribution in [2.75, 3.05) is 26.7 Å². The van der Waals surface area contributed by atoms with Gasteiger partial charge in [0.1, 0.15) is 12.7 Å². The Morgan fingerprint density at radius 3 is 2.80 bits per heavy atom. The average molecular weight is 284 g/mol. The molecule has 0 aliphatic heterocycles. The number of rotatable bonds is 8. The minimum Gasteiger partial charge on any atom is -0.469 e. The number of aryl methyl sites for hydroxylation is 1. The van der Waals surface area contributed by atoms with Crippen molar-refractivity contribution < 1.29 is 14.5 Å². The standard InChI is InChI=1S/C12H20N4O4/c1-4-14(6-5-12(17)20-3)7-8-15-10(2)13-9-11(15)16(18)19/h9H,4-8H2,1-3H3. The molecule has 112 valence electrons. The Labute approximate surface area is 117 Å².